The molecule has 1 aromatic carbocycles. The van der Waals surface area contributed by atoms with Gasteiger partial charge in [-0.3, -0.25) is 19.4 Å². The van der Waals surface area contributed by atoms with Crippen molar-refractivity contribution in [1.82, 2.24) is 4.57 Å². The molecule has 0 atom stereocenters. The molecule has 0 saturated heterocycles. The molecular weight excluding hydrogens is 409 g/mol. The summed E-state index contributed by atoms with van der Waals surface area (Å²) < 4.78 is 15.1. The highest BCUT2D eigenvalue weighted by Gasteiger charge is 2.34. The summed E-state index contributed by atoms with van der Waals surface area (Å²) in [6.45, 7) is 9.35. The van der Waals surface area contributed by atoms with Gasteiger partial charge in [-0.1, -0.05) is 19.9 Å². The van der Waals surface area contributed by atoms with Crippen LogP contribution >= 0.6 is 0 Å². The van der Waals surface area contributed by atoms with Crippen molar-refractivity contribution in [2.45, 2.75) is 41.0 Å². The average molecular weight is 438 g/mol. The van der Waals surface area contributed by atoms with Crippen molar-refractivity contribution in [1.29, 1.82) is 0 Å². The SMILES string of the molecule is Cc1cc(NC(=O)c2c(C)c(C(=O)C(=O)CC(C)(C)C3=NCC=C3)c(C)n2C)ccc1F. The standard InChI is InChI=1S/C25H28FN3O3/c1-14-12-17(9-10-18(14)26)28-24(32)22-15(2)21(16(3)29(22)6)23(31)19(30)13-25(4,5)20-8-7-11-27-20/h7-10,12H,11,13H2,1-6H3,(H,28,32). The molecule has 0 aliphatic carbocycles. The molecule has 0 spiro atoms. The maximum absolute atomic E-state index is 13.5. The molecule has 0 fully saturated rings. The molecule has 2 heterocycles. The largest absolute Gasteiger partial charge is 0.343 e. The van der Waals surface area contributed by atoms with Crippen LogP contribution in [0.25, 0.3) is 0 Å². The van der Waals surface area contributed by atoms with Crippen LogP contribution in [0.1, 0.15) is 57.9 Å². The summed E-state index contributed by atoms with van der Waals surface area (Å²) in [5, 5.41) is 2.75. The lowest BCUT2D eigenvalue weighted by molar-refractivity contribution is -0.116. The number of hydrogen-bond donors (Lipinski definition) is 1. The number of halogens is 1. The van der Waals surface area contributed by atoms with Crippen LogP contribution in [0.5, 0.6) is 0 Å². The maximum Gasteiger partial charge on any atom is 0.272 e. The Morgan fingerprint density at radius 3 is 2.47 bits per heavy atom. The second kappa shape index (κ2) is 8.65. The first-order valence-corrected chi connectivity index (χ1v) is 10.5. The number of anilines is 1. The van der Waals surface area contributed by atoms with Gasteiger partial charge in [0, 0.05) is 36.0 Å². The first-order chi connectivity index (χ1) is 14.9. The van der Waals surface area contributed by atoms with E-state index in [1.54, 1.807) is 32.4 Å². The predicted octanol–water partition coefficient (Wildman–Crippen LogP) is 4.52. The Hall–Kier alpha value is -3.35. The van der Waals surface area contributed by atoms with E-state index in [4.69, 9.17) is 0 Å². The monoisotopic (exact) mass is 437 g/mol. The molecule has 7 heteroatoms. The van der Waals surface area contributed by atoms with E-state index in [0.717, 1.165) is 5.71 Å². The topological polar surface area (TPSA) is 80.5 Å². The van der Waals surface area contributed by atoms with Crippen molar-refractivity contribution >= 4 is 28.9 Å². The van der Waals surface area contributed by atoms with Gasteiger partial charge in [0.05, 0.1) is 12.1 Å². The third-order valence-corrected chi connectivity index (χ3v) is 5.98. The number of rotatable bonds is 7. The van der Waals surface area contributed by atoms with Gasteiger partial charge in [0.15, 0.2) is 0 Å². The third kappa shape index (κ3) is 4.33. The quantitative estimate of drug-likeness (QED) is 0.511. The van der Waals surface area contributed by atoms with Crippen molar-refractivity contribution in [2.75, 3.05) is 11.9 Å². The minimum atomic E-state index is -0.608. The number of amides is 1. The number of aryl methyl sites for hydroxylation is 1. The first-order valence-electron chi connectivity index (χ1n) is 10.5. The number of aliphatic imine (C=N–C) groups is 1. The van der Waals surface area contributed by atoms with Crippen LogP contribution in [-0.2, 0) is 11.8 Å². The van der Waals surface area contributed by atoms with E-state index in [1.807, 2.05) is 26.0 Å². The number of allylic oxidation sites excluding steroid dienone is 1. The molecule has 1 aliphatic rings. The Bertz CT molecular complexity index is 1190. The second-order valence-corrected chi connectivity index (χ2v) is 8.85. The molecule has 0 unspecified atom stereocenters. The minimum absolute atomic E-state index is 0.0270. The van der Waals surface area contributed by atoms with Crippen molar-refractivity contribution < 1.29 is 18.8 Å². The van der Waals surface area contributed by atoms with E-state index < -0.39 is 22.9 Å². The molecule has 0 bridgehead atoms. The molecular formula is C25H28FN3O3. The molecule has 2 aromatic rings. The summed E-state index contributed by atoms with van der Waals surface area (Å²) in [6.07, 6.45) is 3.83. The predicted molar refractivity (Wildman–Crippen MR) is 123 cm³/mol. The highest BCUT2D eigenvalue weighted by molar-refractivity contribution is 6.45. The van der Waals surface area contributed by atoms with Gasteiger partial charge in [0.2, 0.25) is 11.6 Å². The van der Waals surface area contributed by atoms with E-state index in [1.165, 1.54) is 18.2 Å². The van der Waals surface area contributed by atoms with E-state index in [2.05, 4.69) is 10.3 Å². The number of benzene rings is 1. The highest BCUT2D eigenvalue weighted by Crippen LogP contribution is 2.29. The van der Waals surface area contributed by atoms with Crippen LogP contribution in [0.2, 0.25) is 0 Å². The van der Waals surface area contributed by atoms with Crippen LogP contribution in [0, 0.1) is 32.0 Å². The van der Waals surface area contributed by atoms with Gasteiger partial charge < -0.3 is 9.88 Å². The molecule has 0 radical (unpaired) electrons. The van der Waals surface area contributed by atoms with E-state index >= 15 is 0 Å². The summed E-state index contributed by atoms with van der Waals surface area (Å²) in [4.78, 5) is 43.4. The summed E-state index contributed by atoms with van der Waals surface area (Å²) in [7, 11) is 1.68. The minimum Gasteiger partial charge on any atom is -0.343 e. The van der Waals surface area contributed by atoms with Crippen molar-refractivity contribution in [2.24, 2.45) is 17.5 Å². The van der Waals surface area contributed by atoms with Crippen LogP contribution in [0.15, 0.2) is 35.3 Å². The third-order valence-electron chi connectivity index (χ3n) is 5.98. The van der Waals surface area contributed by atoms with Crippen molar-refractivity contribution in [3.05, 3.63) is 64.2 Å². The molecule has 1 N–H and O–H groups in total. The fourth-order valence-corrected chi connectivity index (χ4v) is 4.07. The number of nitrogens with zero attached hydrogens (tertiary/aromatic N) is 2. The molecule has 6 nitrogen and oxygen atoms in total. The summed E-state index contributed by atoms with van der Waals surface area (Å²) in [6, 6.07) is 4.30. The lowest BCUT2D eigenvalue weighted by Crippen LogP contribution is -2.29. The van der Waals surface area contributed by atoms with Crippen molar-refractivity contribution in [3.63, 3.8) is 0 Å². The van der Waals surface area contributed by atoms with E-state index in [0.29, 0.717) is 29.1 Å². The number of Topliss-reactive ketones (excluding diaryl/α,β-unsaturated/α-hetero) is 2. The van der Waals surface area contributed by atoms with Gasteiger partial charge in [-0.15, -0.1) is 0 Å². The van der Waals surface area contributed by atoms with Crippen LogP contribution in [-0.4, -0.2) is 34.3 Å². The molecule has 0 saturated carbocycles. The Kier molecular flexibility index (Phi) is 6.30. The van der Waals surface area contributed by atoms with Gasteiger partial charge in [-0.05, 0) is 56.2 Å². The summed E-state index contributed by atoms with van der Waals surface area (Å²) >= 11 is 0. The summed E-state index contributed by atoms with van der Waals surface area (Å²) in [5.74, 6) is -1.92. The van der Waals surface area contributed by atoms with Gasteiger partial charge in [0.1, 0.15) is 11.5 Å². The van der Waals surface area contributed by atoms with Gasteiger partial charge in [0.25, 0.3) is 5.91 Å². The van der Waals surface area contributed by atoms with Crippen molar-refractivity contribution in [3.8, 4) is 0 Å². The number of nitrogens with one attached hydrogen (secondary N) is 1. The van der Waals surface area contributed by atoms with Crippen LogP contribution in [0.4, 0.5) is 10.1 Å². The van der Waals surface area contributed by atoms with Gasteiger partial charge in [-0.25, -0.2) is 4.39 Å². The second-order valence-electron chi connectivity index (χ2n) is 8.85. The zero-order valence-electron chi connectivity index (χ0n) is 19.3. The molecule has 1 aromatic heterocycles. The van der Waals surface area contributed by atoms with E-state index in [9.17, 15) is 18.8 Å². The maximum atomic E-state index is 13.5. The zero-order valence-corrected chi connectivity index (χ0v) is 19.3. The molecule has 1 aliphatic heterocycles. The Labute approximate surface area is 187 Å². The zero-order chi connectivity index (χ0) is 23.8. The number of ketones is 2. The fourth-order valence-electron chi connectivity index (χ4n) is 4.07. The normalized spacial score (nSPS) is 13.3. The average Bonchev–Trinajstić information content (AvgIpc) is 3.32. The Balaban J connectivity index is 1.87. The molecule has 168 valence electrons. The number of carbonyl (C=O) groups is 3. The number of carbonyl (C=O) groups excluding carboxylic acids is 3. The Morgan fingerprint density at radius 1 is 1.19 bits per heavy atom. The van der Waals surface area contributed by atoms with E-state index in [-0.39, 0.29) is 23.5 Å². The smallest absolute Gasteiger partial charge is 0.272 e. The lowest BCUT2D eigenvalue weighted by atomic mass is 9.80. The van der Waals surface area contributed by atoms with Crippen LogP contribution in [0.3, 0.4) is 0 Å². The lowest BCUT2D eigenvalue weighted by Gasteiger charge is -2.22. The van der Waals surface area contributed by atoms with Crippen LogP contribution < -0.4 is 5.32 Å². The fraction of sp³-hybridized carbons (Fsp3) is 0.360. The number of aromatic nitrogens is 1. The number of hydrogen-bond acceptors (Lipinski definition) is 4. The molecule has 3 rings (SSSR count). The highest BCUT2D eigenvalue weighted by atomic mass is 19.1. The molecule has 1 amide bonds. The Morgan fingerprint density at radius 2 is 1.88 bits per heavy atom. The molecule has 32 heavy (non-hydrogen) atoms. The van der Waals surface area contributed by atoms with Gasteiger partial charge >= 0.3 is 0 Å². The first kappa shape index (κ1) is 23.3. The summed E-state index contributed by atoms with van der Waals surface area (Å²) in [5.41, 5.74) is 2.61. The van der Waals surface area contributed by atoms with Gasteiger partial charge in [-0.2, -0.15) is 0 Å².